The Morgan fingerprint density at radius 2 is 1.66 bits per heavy atom. The minimum Gasteiger partial charge on any atom is -0.315 e. The average Bonchev–Trinajstić information content (AvgIpc) is 3.13. The van der Waals surface area contributed by atoms with Crippen LogP contribution in [0.1, 0.15) is 56.3 Å². The van der Waals surface area contributed by atoms with Crippen molar-refractivity contribution in [3.8, 4) is 12.1 Å². The van der Waals surface area contributed by atoms with E-state index in [1.807, 2.05) is 17.0 Å². The third-order valence-electron chi connectivity index (χ3n) is 8.72. The zero-order chi connectivity index (χ0) is 24.7. The van der Waals surface area contributed by atoms with Gasteiger partial charge in [-0.25, -0.2) is 14.8 Å². The maximum Gasteiger partial charge on any atom is 0.325 e. The van der Waals surface area contributed by atoms with Crippen molar-refractivity contribution in [1.29, 1.82) is 10.5 Å². The van der Waals surface area contributed by atoms with Crippen molar-refractivity contribution in [2.75, 3.05) is 32.1 Å². The quantitative estimate of drug-likeness (QED) is 0.655. The van der Waals surface area contributed by atoms with E-state index in [2.05, 4.69) is 59.3 Å². The molecule has 180 valence electrons. The van der Waals surface area contributed by atoms with Gasteiger partial charge < -0.3 is 4.90 Å². The van der Waals surface area contributed by atoms with Gasteiger partial charge in [0.15, 0.2) is 0 Å². The zero-order valence-corrected chi connectivity index (χ0v) is 20.4. The molecule has 2 amide bonds. The predicted molar refractivity (Wildman–Crippen MR) is 131 cm³/mol. The highest BCUT2D eigenvalue weighted by atomic mass is 16.2. The summed E-state index contributed by atoms with van der Waals surface area (Å²) in [6, 6.07) is 15.0. The maximum absolute atomic E-state index is 13.8. The normalized spacial score (nSPS) is 27.5. The maximum atomic E-state index is 13.8. The number of carbonyl (C=O) groups is 1. The fourth-order valence-corrected chi connectivity index (χ4v) is 6.26. The van der Waals surface area contributed by atoms with Gasteiger partial charge in [-0.05, 0) is 58.2 Å². The fourth-order valence-electron chi connectivity index (χ4n) is 6.26. The largest absolute Gasteiger partial charge is 0.325 e. The van der Waals surface area contributed by atoms with E-state index in [0.29, 0.717) is 18.8 Å². The molecule has 0 N–H and O–H groups in total. The highest BCUT2D eigenvalue weighted by Gasteiger charge is 2.57. The van der Waals surface area contributed by atoms with Crippen LogP contribution in [0.5, 0.6) is 0 Å². The summed E-state index contributed by atoms with van der Waals surface area (Å²) in [4.78, 5) is 28.1. The van der Waals surface area contributed by atoms with Crippen molar-refractivity contribution in [2.24, 2.45) is 5.41 Å². The van der Waals surface area contributed by atoms with Gasteiger partial charge in [-0.3, -0.25) is 9.80 Å². The van der Waals surface area contributed by atoms with Crippen LogP contribution in [0.25, 0.3) is 0 Å². The molecule has 3 fully saturated rings. The summed E-state index contributed by atoms with van der Waals surface area (Å²) < 4.78 is 0. The molecule has 2 heterocycles. The van der Waals surface area contributed by atoms with Crippen molar-refractivity contribution in [1.82, 2.24) is 19.8 Å². The zero-order valence-electron chi connectivity index (χ0n) is 20.4. The summed E-state index contributed by atoms with van der Waals surface area (Å²) in [6.07, 6.45) is 9.37. The number of nitrogens with zero attached hydrogens (tertiary/aromatic N) is 7. The van der Waals surface area contributed by atoms with Gasteiger partial charge in [0, 0.05) is 12.1 Å². The van der Waals surface area contributed by atoms with E-state index in [4.69, 9.17) is 5.26 Å². The van der Waals surface area contributed by atoms with Crippen LogP contribution in [-0.2, 0) is 5.54 Å². The molecule has 1 aliphatic heterocycles. The smallest absolute Gasteiger partial charge is 0.315 e. The van der Waals surface area contributed by atoms with E-state index in [-0.39, 0.29) is 22.9 Å². The topological polar surface area (TPSA) is 100 Å². The van der Waals surface area contributed by atoms with Gasteiger partial charge in [0.2, 0.25) is 5.82 Å². The molecule has 1 spiro atoms. The highest BCUT2D eigenvalue weighted by Crippen LogP contribution is 2.51. The number of anilines is 1. The predicted octanol–water partition coefficient (Wildman–Crippen LogP) is 4.05. The number of carbonyl (C=O) groups excluding carboxylic acids is 1. The minimum absolute atomic E-state index is 0.0844. The molecule has 3 aliphatic rings. The minimum atomic E-state index is -0.449. The first-order valence-electron chi connectivity index (χ1n) is 12.3. The van der Waals surface area contributed by atoms with Gasteiger partial charge in [-0.15, -0.1) is 0 Å². The molecule has 0 radical (unpaired) electrons. The summed E-state index contributed by atoms with van der Waals surface area (Å²) in [5, 5.41) is 19.0. The molecule has 8 nitrogen and oxygen atoms in total. The third-order valence-corrected chi connectivity index (χ3v) is 8.72. The molecule has 0 unspecified atom stereocenters. The summed E-state index contributed by atoms with van der Waals surface area (Å²) >= 11 is 0. The Labute approximate surface area is 206 Å². The second-order valence-electron chi connectivity index (χ2n) is 10.6. The van der Waals surface area contributed by atoms with Gasteiger partial charge in [0.1, 0.15) is 6.07 Å². The molecule has 0 bridgehead atoms. The van der Waals surface area contributed by atoms with Crippen LogP contribution in [0, 0.1) is 28.1 Å². The lowest BCUT2D eigenvalue weighted by molar-refractivity contribution is 0.00826. The van der Waals surface area contributed by atoms with Crippen LogP contribution < -0.4 is 4.90 Å². The van der Waals surface area contributed by atoms with E-state index in [9.17, 15) is 10.1 Å². The monoisotopic (exact) mass is 469 g/mol. The molecular formula is C27H31N7O. The Kier molecular flexibility index (Phi) is 5.73. The Morgan fingerprint density at radius 3 is 2.17 bits per heavy atom. The van der Waals surface area contributed by atoms with Crippen molar-refractivity contribution >= 4 is 11.7 Å². The lowest BCUT2D eigenvalue weighted by Gasteiger charge is -2.52. The molecule has 2 aromatic rings. The number of hydrogen-bond acceptors (Lipinski definition) is 6. The van der Waals surface area contributed by atoms with E-state index >= 15 is 0 Å². The molecule has 1 saturated heterocycles. The number of nitriles is 2. The van der Waals surface area contributed by atoms with Crippen LogP contribution in [0.15, 0.2) is 42.7 Å². The third kappa shape index (κ3) is 3.73. The lowest BCUT2D eigenvalue weighted by Crippen LogP contribution is -2.57. The van der Waals surface area contributed by atoms with Gasteiger partial charge in [0.25, 0.3) is 0 Å². The summed E-state index contributed by atoms with van der Waals surface area (Å²) in [5.74, 6) is 0.0844. The Balaban J connectivity index is 1.48. The van der Waals surface area contributed by atoms with Crippen molar-refractivity contribution < 1.29 is 4.79 Å². The summed E-state index contributed by atoms with van der Waals surface area (Å²) in [7, 11) is 4.28. The SMILES string of the molecule is CN(C)[C@]1(c2ccccc2)CC[C@@]2(CC1)CN(c1cnc(C#N)nc1)C(=O)N2CC1(C#N)CCC1. The molecule has 2 saturated carbocycles. The lowest BCUT2D eigenvalue weighted by atomic mass is 9.66. The van der Waals surface area contributed by atoms with Crippen molar-refractivity contribution in [3.05, 3.63) is 54.1 Å². The van der Waals surface area contributed by atoms with E-state index in [1.165, 1.54) is 5.56 Å². The summed E-state index contributed by atoms with van der Waals surface area (Å²) in [6.45, 7) is 1.01. The Morgan fingerprint density at radius 1 is 1.00 bits per heavy atom. The van der Waals surface area contributed by atoms with E-state index < -0.39 is 5.41 Å². The Bertz CT molecular complexity index is 1170. The number of rotatable bonds is 5. The summed E-state index contributed by atoms with van der Waals surface area (Å²) in [5.41, 5.74) is 1.02. The number of urea groups is 1. The Hall–Kier alpha value is -3.49. The molecule has 1 aromatic carbocycles. The van der Waals surface area contributed by atoms with Crippen molar-refractivity contribution in [2.45, 2.75) is 56.0 Å². The molecule has 1 aromatic heterocycles. The van der Waals surface area contributed by atoms with Gasteiger partial charge in [-0.2, -0.15) is 10.5 Å². The number of hydrogen-bond donors (Lipinski definition) is 0. The number of amides is 2. The fraction of sp³-hybridized carbons (Fsp3) is 0.519. The second-order valence-corrected chi connectivity index (χ2v) is 10.6. The molecule has 8 heteroatoms. The van der Waals surface area contributed by atoms with Crippen molar-refractivity contribution in [3.63, 3.8) is 0 Å². The average molecular weight is 470 g/mol. The van der Waals surface area contributed by atoms with E-state index in [0.717, 1.165) is 44.9 Å². The van der Waals surface area contributed by atoms with E-state index in [1.54, 1.807) is 17.3 Å². The number of aromatic nitrogens is 2. The van der Waals surface area contributed by atoms with Gasteiger partial charge in [-0.1, -0.05) is 36.8 Å². The number of benzene rings is 1. The van der Waals surface area contributed by atoms with Crippen LogP contribution in [0.2, 0.25) is 0 Å². The molecular weight excluding hydrogens is 438 g/mol. The molecule has 0 atom stereocenters. The molecule has 35 heavy (non-hydrogen) atoms. The molecule has 5 rings (SSSR count). The second kappa shape index (κ2) is 8.62. The van der Waals surface area contributed by atoms with Gasteiger partial charge in [0.05, 0.1) is 41.6 Å². The van der Waals surface area contributed by atoms with Gasteiger partial charge >= 0.3 is 6.03 Å². The highest BCUT2D eigenvalue weighted by molar-refractivity contribution is 5.95. The first kappa shape index (κ1) is 23.3. The van der Waals surface area contributed by atoms with Crippen LogP contribution in [0.4, 0.5) is 10.5 Å². The first-order valence-corrected chi connectivity index (χ1v) is 12.3. The standard InChI is InChI=1S/C27H31N7O/c1-32(2)27(21-7-4-3-5-8-21)13-11-26(12-14-27)20-33(22-16-30-23(15-28)31-17-22)24(35)34(26)19-25(18-29)9-6-10-25/h3-5,7-8,16-17H,6,9-14,19-20H2,1-2H3/t26-,27-. The van der Waals surface area contributed by atoms with Crippen LogP contribution in [0.3, 0.4) is 0 Å². The van der Waals surface area contributed by atoms with Crippen LogP contribution >= 0.6 is 0 Å². The molecule has 2 aliphatic carbocycles. The first-order chi connectivity index (χ1) is 16.9. The van der Waals surface area contributed by atoms with Crippen LogP contribution in [-0.4, -0.2) is 58.5 Å².